The first kappa shape index (κ1) is 16.7. The Kier molecular flexibility index (Phi) is 4.47. The van der Waals surface area contributed by atoms with E-state index in [2.05, 4.69) is 10.00 Å². The van der Waals surface area contributed by atoms with Crippen molar-refractivity contribution in [3.05, 3.63) is 67.7 Å². The van der Waals surface area contributed by atoms with Crippen molar-refractivity contribution in [3.8, 4) is 0 Å². The molecule has 1 aromatic carbocycles. The maximum atomic E-state index is 12.9. The van der Waals surface area contributed by atoms with Gasteiger partial charge in [-0.25, -0.2) is 9.50 Å². The van der Waals surface area contributed by atoms with Gasteiger partial charge in [0.25, 0.3) is 5.56 Å². The fraction of sp³-hybridized carbons (Fsp3) is 0.333. The third-order valence-corrected chi connectivity index (χ3v) is 4.41. The van der Waals surface area contributed by atoms with Crippen molar-refractivity contribution in [1.82, 2.24) is 19.5 Å². The molecule has 0 spiro atoms. The van der Waals surface area contributed by atoms with Crippen LogP contribution in [0.1, 0.15) is 28.1 Å². The maximum absolute atomic E-state index is 12.9. The summed E-state index contributed by atoms with van der Waals surface area (Å²) in [5.74, 6) is 0. The second-order valence-electron chi connectivity index (χ2n) is 6.40. The third kappa shape index (κ3) is 3.09. The number of hydrogen-bond acceptors (Lipinski definition) is 3. The number of fused-ring (bicyclic) bond motifs is 1. The van der Waals surface area contributed by atoms with Crippen LogP contribution < -0.4 is 5.56 Å². The summed E-state index contributed by atoms with van der Waals surface area (Å²) in [5.41, 5.74) is 5.21. The molecule has 0 saturated carbocycles. The first-order valence-electron chi connectivity index (χ1n) is 7.85. The molecule has 0 bridgehead atoms. The number of nitrogens with one attached hydrogen (secondary N) is 1. The number of hydrogen-bond donors (Lipinski definition) is 1. The van der Waals surface area contributed by atoms with Crippen molar-refractivity contribution in [2.24, 2.45) is 0 Å². The molecule has 3 aromatic rings. The SMILES string of the molecule is Cc1nc2c(CN(C)C)c(C)[nH]n2c(=O)c1Cc1ccc(Cl)cc1. The minimum Gasteiger partial charge on any atom is -0.305 e. The highest BCUT2D eigenvalue weighted by Crippen LogP contribution is 2.17. The van der Waals surface area contributed by atoms with E-state index in [-0.39, 0.29) is 5.56 Å². The van der Waals surface area contributed by atoms with Gasteiger partial charge < -0.3 is 4.90 Å². The van der Waals surface area contributed by atoms with Crippen LogP contribution in [0.3, 0.4) is 0 Å². The van der Waals surface area contributed by atoms with E-state index in [1.165, 1.54) is 0 Å². The highest BCUT2D eigenvalue weighted by Gasteiger charge is 2.17. The Bertz CT molecular complexity index is 938. The maximum Gasteiger partial charge on any atom is 0.276 e. The normalized spacial score (nSPS) is 11.6. The summed E-state index contributed by atoms with van der Waals surface area (Å²) in [6.45, 7) is 4.61. The molecular formula is C18H21ClN4O. The smallest absolute Gasteiger partial charge is 0.276 e. The minimum absolute atomic E-state index is 0.0412. The Hall–Kier alpha value is -2.11. The second-order valence-corrected chi connectivity index (χ2v) is 6.83. The molecule has 5 nitrogen and oxygen atoms in total. The number of aromatic amines is 1. The van der Waals surface area contributed by atoms with E-state index in [0.29, 0.717) is 22.7 Å². The summed E-state index contributed by atoms with van der Waals surface area (Å²) in [6.07, 6.45) is 0.541. The van der Waals surface area contributed by atoms with E-state index in [4.69, 9.17) is 16.6 Å². The molecule has 1 N–H and O–H groups in total. The summed E-state index contributed by atoms with van der Waals surface area (Å²) in [6, 6.07) is 7.55. The van der Waals surface area contributed by atoms with E-state index >= 15 is 0 Å². The Morgan fingerprint density at radius 3 is 2.46 bits per heavy atom. The van der Waals surface area contributed by atoms with Crippen molar-refractivity contribution in [2.45, 2.75) is 26.8 Å². The lowest BCUT2D eigenvalue weighted by Crippen LogP contribution is -2.22. The lowest BCUT2D eigenvalue weighted by Gasteiger charge is -2.10. The van der Waals surface area contributed by atoms with Crippen LogP contribution in [0, 0.1) is 13.8 Å². The van der Waals surface area contributed by atoms with Gasteiger partial charge in [-0.3, -0.25) is 9.89 Å². The fourth-order valence-corrected chi connectivity index (χ4v) is 3.01. The molecule has 2 aromatic heterocycles. The average molecular weight is 345 g/mol. The van der Waals surface area contributed by atoms with Crippen LogP contribution in [-0.2, 0) is 13.0 Å². The zero-order valence-electron chi connectivity index (χ0n) is 14.4. The lowest BCUT2D eigenvalue weighted by atomic mass is 10.1. The predicted octanol–water partition coefficient (Wildman–Crippen LogP) is 2.95. The molecule has 2 heterocycles. The molecule has 0 amide bonds. The highest BCUT2D eigenvalue weighted by atomic mass is 35.5. The number of nitrogens with zero attached hydrogens (tertiary/aromatic N) is 3. The average Bonchev–Trinajstić information content (AvgIpc) is 2.82. The van der Waals surface area contributed by atoms with E-state index in [9.17, 15) is 4.79 Å². The number of aromatic nitrogens is 3. The Balaban J connectivity index is 2.10. The van der Waals surface area contributed by atoms with E-state index in [1.807, 2.05) is 52.2 Å². The summed E-state index contributed by atoms with van der Waals surface area (Å²) < 4.78 is 1.56. The molecule has 0 aliphatic rings. The summed E-state index contributed by atoms with van der Waals surface area (Å²) in [5, 5.41) is 3.85. The zero-order valence-corrected chi connectivity index (χ0v) is 15.1. The van der Waals surface area contributed by atoms with Crippen LogP contribution in [0.25, 0.3) is 5.65 Å². The van der Waals surface area contributed by atoms with Gasteiger partial charge >= 0.3 is 0 Å². The van der Waals surface area contributed by atoms with Crippen molar-refractivity contribution >= 4 is 17.2 Å². The van der Waals surface area contributed by atoms with E-state index in [1.54, 1.807) is 4.52 Å². The number of aryl methyl sites for hydroxylation is 2. The molecule has 0 saturated heterocycles. The molecule has 3 rings (SSSR count). The van der Waals surface area contributed by atoms with Crippen LogP contribution >= 0.6 is 11.6 Å². The van der Waals surface area contributed by atoms with Gasteiger partial charge in [0, 0.05) is 40.5 Å². The fourth-order valence-electron chi connectivity index (χ4n) is 2.89. The summed E-state index contributed by atoms with van der Waals surface area (Å²) in [4.78, 5) is 19.7. The molecule has 0 fully saturated rings. The Morgan fingerprint density at radius 2 is 1.83 bits per heavy atom. The molecule has 0 aliphatic heterocycles. The standard InChI is InChI=1S/C18H21ClN4O/c1-11-15(9-13-5-7-14(19)8-6-13)18(24)23-17(20-11)16(10-22(3)4)12(2)21-23/h5-8,21H,9-10H2,1-4H3. The van der Waals surface area contributed by atoms with Gasteiger partial charge in [-0.1, -0.05) is 23.7 Å². The van der Waals surface area contributed by atoms with Crippen LogP contribution in [0.4, 0.5) is 0 Å². The van der Waals surface area contributed by atoms with Crippen LogP contribution in [0.2, 0.25) is 5.02 Å². The van der Waals surface area contributed by atoms with Gasteiger partial charge in [0.2, 0.25) is 0 Å². The van der Waals surface area contributed by atoms with Gasteiger partial charge in [-0.05, 0) is 45.6 Å². The molecule has 0 atom stereocenters. The topological polar surface area (TPSA) is 53.4 Å². The first-order valence-corrected chi connectivity index (χ1v) is 8.23. The lowest BCUT2D eigenvalue weighted by molar-refractivity contribution is 0.402. The minimum atomic E-state index is -0.0412. The van der Waals surface area contributed by atoms with Crippen LogP contribution in [0.5, 0.6) is 0 Å². The van der Waals surface area contributed by atoms with Crippen molar-refractivity contribution in [2.75, 3.05) is 14.1 Å². The molecule has 24 heavy (non-hydrogen) atoms. The molecule has 0 aliphatic carbocycles. The number of H-pyrrole nitrogens is 1. The van der Waals surface area contributed by atoms with Gasteiger partial charge in [0.05, 0.1) is 0 Å². The second kappa shape index (κ2) is 6.42. The molecule has 126 valence electrons. The van der Waals surface area contributed by atoms with Gasteiger partial charge in [0.15, 0.2) is 5.65 Å². The van der Waals surface area contributed by atoms with Gasteiger partial charge in [-0.2, -0.15) is 0 Å². The monoisotopic (exact) mass is 344 g/mol. The van der Waals surface area contributed by atoms with E-state index in [0.717, 1.165) is 29.1 Å². The molecule has 0 radical (unpaired) electrons. The predicted molar refractivity (Wildman–Crippen MR) is 96.9 cm³/mol. The largest absolute Gasteiger partial charge is 0.305 e. The molecule has 0 unspecified atom stereocenters. The quantitative estimate of drug-likeness (QED) is 0.791. The first-order chi connectivity index (χ1) is 11.4. The van der Waals surface area contributed by atoms with Crippen molar-refractivity contribution in [1.29, 1.82) is 0 Å². The highest BCUT2D eigenvalue weighted by molar-refractivity contribution is 6.30. The third-order valence-electron chi connectivity index (χ3n) is 4.15. The number of benzene rings is 1. The summed E-state index contributed by atoms with van der Waals surface area (Å²) >= 11 is 5.93. The molecule has 6 heteroatoms. The number of halogens is 1. The Morgan fingerprint density at radius 1 is 1.17 bits per heavy atom. The van der Waals surface area contributed by atoms with Gasteiger partial charge in [-0.15, -0.1) is 0 Å². The zero-order chi connectivity index (χ0) is 17.4. The van der Waals surface area contributed by atoms with Gasteiger partial charge in [0.1, 0.15) is 0 Å². The van der Waals surface area contributed by atoms with Crippen LogP contribution in [0.15, 0.2) is 29.1 Å². The van der Waals surface area contributed by atoms with Crippen molar-refractivity contribution in [3.63, 3.8) is 0 Å². The van der Waals surface area contributed by atoms with E-state index < -0.39 is 0 Å². The van der Waals surface area contributed by atoms with Crippen LogP contribution in [-0.4, -0.2) is 33.6 Å². The molecular weight excluding hydrogens is 324 g/mol. The summed E-state index contributed by atoms with van der Waals surface area (Å²) in [7, 11) is 4.01. The van der Waals surface area contributed by atoms with Crippen molar-refractivity contribution < 1.29 is 0 Å². The number of rotatable bonds is 4. The Labute approximate surface area is 145 Å².